The van der Waals surface area contributed by atoms with Gasteiger partial charge in [-0.1, -0.05) is 0 Å². The number of carbonyl (C=O) groups is 6. The third-order valence-corrected chi connectivity index (χ3v) is 4.52. The van der Waals surface area contributed by atoms with Crippen molar-refractivity contribution in [3.8, 4) is 0 Å². The number of carboxylic acids is 3. The van der Waals surface area contributed by atoms with Crippen LogP contribution in [0.5, 0.6) is 0 Å². The molecule has 0 aliphatic rings. The number of amides is 3. The second-order valence-corrected chi connectivity index (χ2v) is 7.15. The van der Waals surface area contributed by atoms with Crippen molar-refractivity contribution in [1.29, 1.82) is 0 Å². The van der Waals surface area contributed by atoms with Crippen molar-refractivity contribution in [2.24, 2.45) is 5.73 Å². The molecule has 15 nitrogen and oxygen atoms in total. The summed E-state index contributed by atoms with van der Waals surface area (Å²) in [6.45, 7) is 0. The number of H-pyrrole nitrogens is 1. The van der Waals surface area contributed by atoms with Crippen LogP contribution in [-0.4, -0.2) is 90.8 Å². The number of hydrogen-bond acceptors (Lipinski definition) is 9. The molecular weight excluding hydrogens is 464 g/mol. The predicted molar refractivity (Wildman–Crippen MR) is 112 cm³/mol. The summed E-state index contributed by atoms with van der Waals surface area (Å²) in [7, 11) is 0. The Hall–Kier alpha value is -3.66. The second kappa shape index (κ2) is 13.0. The van der Waals surface area contributed by atoms with Crippen molar-refractivity contribution in [3.63, 3.8) is 0 Å². The van der Waals surface area contributed by atoms with Crippen molar-refractivity contribution in [2.45, 2.75) is 43.4 Å². The molecule has 0 saturated carbocycles. The third kappa shape index (κ3) is 9.56. The zero-order valence-corrected chi connectivity index (χ0v) is 17.9. The number of nitrogens with one attached hydrogen (secondary N) is 4. The first-order valence-electron chi connectivity index (χ1n) is 9.35. The maximum absolute atomic E-state index is 12.5. The topological polar surface area (TPSA) is 254 Å². The van der Waals surface area contributed by atoms with Crippen molar-refractivity contribution in [3.05, 3.63) is 18.2 Å². The van der Waals surface area contributed by atoms with Gasteiger partial charge in [0.05, 0.1) is 25.2 Å². The van der Waals surface area contributed by atoms with Crippen molar-refractivity contribution < 1.29 is 44.1 Å². The Morgan fingerprint density at radius 3 is 1.91 bits per heavy atom. The highest BCUT2D eigenvalue weighted by atomic mass is 32.1. The molecule has 1 aromatic heterocycles. The van der Waals surface area contributed by atoms with E-state index >= 15 is 0 Å². The molecule has 4 unspecified atom stereocenters. The van der Waals surface area contributed by atoms with Gasteiger partial charge >= 0.3 is 17.9 Å². The van der Waals surface area contributed by atoms with Crippen LogP contribution in [0, 0.1) is 0 Å². The van der Waals surface area contributed by atoms with E-state index in [9.17, 15) is 28.8 Å². The number of thiol groups is 1. The van der Waals surface area contributed by atoms with Crippen molar-refractivity contribution in [1.82, 2.24) is 25.9 Å². The number of hydrogen-bond donors (Lipinski definition) is 9. The zero-order chi connectivity index (χ0) is 25.1. The Kier molecular flexibility index (Phi) is 10.8. The summed E-state index contributed by atoms with van der Waals surface area (Å²) in [5.74, 6) is -7.90. The van der Waals surface area contributed by atoms with E-state index in [0.29, 0.717) is 5.69 Å². The fourth-order valence-corrected chi connectivity index (χ4v) is 2.76. The van der Waals surface area contributed by atoms with Crippen LogP contribution in [0.4, 0.5) is 0 Å². The second-order valence-electron chi connectivity index (χ2n) is 6.79. The summed E-state index contributed by atoms with van der Waals surface area (Å²) < 4.78 is 0. The van der Waals surface area contributed by atoms with Gasteiger partial charge in [0.15, 0.2) is 0 Å². The first-order valence-corrected chi connectivity index (χ1v) is 9.99. The quantitative estimate of drug-likeness (QED) is 0.117. The van der Waals surface area contributed by atoms with Gasteiger partial charge < -0.3 is 42.0 Å². The van der Waals surface area contributed by atoms with E-state index in [1.54, 1.807) is 0 Å². The molecule has 0 aromatic carbocycles. The first-order chi connectivity index (χ1) is 15.4. The van der Waals surface area contributed by atoms with Gasteiger partial charge in [-0.15, -0.1) is 0 Å². The van der Waals surface area contributed by atoms with E-state index in [4.69, 9.17) is 21.1 Å². The molecule has 0 spiro atoms. The van der Waals surface area contributed by atoms with Gasteiger partial charge in [-0.2, -0.15) is 12.6 Å². The number of rotatable bonds is 14. The van der Waals surface area contributed by atoms with Crippen LogP contribution in [0.1, 0.15) is 18.5 Å². The van der Waals surface area contributed by atoms with E-state index in [1.165, 1.54) is 12.5 Å². The van der Waals surface area contributed by atoms with Gasteiger partial charge in [-0.05, 0) is 0 Å². The molecule has 0 bridgehead atoms. The molecular formula is C17H24N6O9S. The lowest BCUT2D eigenvalue weighted by Crippen LogP contribution is -2.58. The largest absolute Gasteiger partial charge is 0.481 e. The van der Waals surface area contributed by atoms with E-state index in [-0.39, 0.29) is 12.2 Å². The van der Waals surface area contributed by atoms with E-state index in [1.807, 2.05) is 5.32 Å². The molecule has 1 aromatic rings. The number of aliphatic carboxylic acids is 3. The van der Waals surface area contributed by atoms with Gasteiger partial charge in [0.1, 0.15) is 18.1 Å². The molecule has 9 N–H and O–H groups in total. The number of aromatic nitrogens is 2. The first kappa shape index (κ1) is 27.4. The average molecular weight is 488 g/mol. The molecule has 1 rings (SSSR count). The number of nitrogens with zero attached hydrogens (tertiary/aromatic N) is 1. The Morgan fingerprint density at radius 1 is 0.909 bits per heavy atom. The minimum atomic E-state index is -1.86. The smallest absolute Gasteiger partial charge is 0.326 e. The average Bonchev–Trinajstić information content (AvgIpc) is 3.22. The lowest BCUT2D eigenvalue weighted by Gasteiger charge is -2.23. The molecule has 0 aliphatic heterocycles. The molecule has 1 heterocycles. The van der Waals surface area contributed by atoms with E-state index in [0.717, 1.165) is 0 Å². The van der Waals surface area contributed by atoms with E-state index < -0.39 is 72.6 Å². The Balaban J connectivity index is 2.83. The Labute approximate surface area is 191 Å². The summed E-state index contributed by atoms with van der Waals surface area (Å²) in [5.41, 5.74) is 6.35. The monoisotopic (exact) mass is 488 g/mol. The summed E-state index contributed by atoms with van der Waals surface area (Å²) >= 11 is 3.96. The van der Waals surface area contributed by atoms with Crippen molar-refractivity contribution in [2.75, 3.05) is 5.75 Å². The fourth-order valence-electron chi connectivity index (χ4n) is 2.50. The summed E-state index contributed by atoms with van der Waals surface area (Å²) in [6, 6.07) is -5.99. The van der Waals surface area contributed by atoms with Crippen LogP contribution in [-0.2, 0) is 35.2 Å². The lowest BCUT2D eigenvalue weighted by atomic mass is 10.1. The minimum absolute atomic E-state index is 0.0803. The molecule has 182 valence electrons. The van der Waals surface area contributed by atoms with Crippen molar-refractivity contribution >= 4 is 48.3 Å². The molecule has 16 heteroatoms. The van der Waals surface area contributed by atoms with Gasteiger partial charge in [-0.25, -0.2) is 9.78 Å². The number of carbonyl (C=O) groups excluding carboxylic acids is 3. The van der Waals surface area contributed by atoms with Gasteiger partial charge in [0.25, 0.3) is 0 Å². The summed E-state index contributed by atoms with van der Waals surface area (Å²) in [5, 5.41) is 33.1. The molecule has 0 aliphatic carbocycles. The molecule has 0 saturated heterocycles. The predicted octanol–water partition coefficient (Wildman–Crippen LogP) is -3.30. The fraction of sp³-hybridized carbons (Fsp3) is 0.471. The summed E-state index contributed by atoms with van der Waals surface area (Å²) in [6.07, 6.45) is 1.02. The van der Waals surface area contributed by atoms with Crippen LogP contribution in [0.3, 0.4) is 0 Å². The highest BCUT2D eigenvalue weighted by Gasteiger charge is 2.32. The Morgan fingerprint density at radius 2 is 1.42 bits per heavy atom. The minimum Gasteiger partial charge on any atom is -0.481 e. The summed E-state index contributed by atoms with van der Waals surface area (Å²) in [4.78, 5) is 76.7. The highest BCUT2D eigenvalue weighted by molar-refractivity contribution is 7.80. The third-order valence-electron chi connectivity index (χ3n) is 4.15. The number of aromatic amines is 1. The molecule has 0 fully saturated rings. The molecule has 33 heavy (non-hydrogen) atoms. The van der Waals surface area contributed by atoms with Crippen LogP contribution < -0.4 is 21.7 Å². The van der Waals surface area contributed by atoms with Crippen LogP contribution in [0.15, 0.2) is 12.5 Å². The number of carboxylic acid groups (broad SMARTS) is 3. The molecule has 0 radical (unpaired) electrons. The highest BCUT2D eigenvalue weighted by Crippen LogP contribution is 2.02. The van der Waals surface area contributed by atoms with Gasteiger partial charge in [-0.3, -0.25) is 24.0 Å². The number of nitrogens with two attached hydrogens (primary N) is 1. The number of imidazole rings is 1. The Bertz CT molecular complexity index is 878. The van der Waals surface area contributed by atoms with Gasteiger partial charge in [0.2, 0.25) is 17.7 Å². The molecule has 4 atom stereocenters. The van der Waals surface area contributed by atoms with Gasteiger partial charge in [0, 0.05) is 24.1 Å². The standard InChI is InChI=1S/C17H24N6O9S/c18-8(1-7-4-19-6-20-7)14(28)23-11(5-33)16(30)21-9(2-12(24)25)15(29)22-10(17(31)32)3-13(26)27/h4,6,8-11,33H,1-3,5,18H2,(H,19,20)(H,21,30)(H,22,29)(H,23,28)(H,24,25)(H,26,27)(H,31,32). The zero-order valence-electron chi connectivity index (χ0n) is 17.1. The maximum Gasteiger partial charge on any atom is 0.326 e. The maximum atomic E-state index is 12.5. The lowest BCUT2D eigenvalue weighted by molar-refractivity contribution is -0.148. The SMILES string of the molecule is NC(Cc1cnc[nH]1)C(=O)NC(CS)C(=O)NC(CC(=O)O)C(=O)NC(CC(=O)O)C(=O)O. The normalized spacial score (nSPS) is 14.2. The van der Waals surface area contributed by atoms with E-state index in [2.05, 4.69) is 33.2 Å². The molecule has 3 amide bonds. The van der Waals surface area contributed by atoms with Crippen LogP contribution in [0.2, 0.25) is 0 Å². The van der Waals surface area contributed by atoms with Crippen LogP contribution in [0.25, 0.3) is 0 Å². The van der Waals surface area contributed by atoms with Crippen LogP contribution >= 0.6 is 12.6 Å².